The third-order valence-electron chi connectivity index (χ3n) is 12.5. The van der Waals surface area contributed by atoms with E-state index in [0.717, 1.165) is 4.57 Å². The Morgan fingerprint density at radius 3 is 2.12 bits per heavy atom. The number of amides is 2. The molecule has 7 aromatic rings. The number of carbonyl (C=O) groups is 2. The molecule has 2 fully saturated rings. The zero-order valence-corrected chi connectivity index (χ0v) is 42.7. The first-order chi connectivity index (χ1) is 36.8. The van der Waals surface area contributed by atoms with Gasteiger partial charge in [0.2, 0.25) is 5.91 Å². The number of ether oxygens (including phenoxy) is 5. The molecule has 2 saturated heterocycles. The Hall–Kier alpha value is -7.39. The summed E-state index contributed by atoms with van der Waals surface area (Å²) in [4.78, 5) is 54.7. The van der Waals surface area contributed by atoms with E-state index in [9.17, 15) is 19.6 Å². The van der Waals surface area contributed by atoms with Crippen LogP contribution in [-0.2, 0) is 50.0 Å². The van der Waals surface area contributed by atoms with E-state index in [4.69, 9.17) is 49.1 Å². The van der Waals surface area contributed by atoms with Crippen molar-refractivity contribution in [2.45, 2.75) is 68.5 Å². The molecule has 76 heavy (non-hydrogen) atoms. The number of nitriles is 1. The molecule has 24 heteroatoms. The van der Waals surface area contributed by atoms with E-state index in [2.05, 4.69) is 30.6 Å². The highest BCUT2D eigenvalue weighted by atomic mass is 32.5. The second-order valence-electron chi connectivity index (χ2n) is 17.3. The van der Waals surface area contributed by atoms with Crippen LogP contribution in [0.1, 0.15) is 59.3 Å². The number of hydrogen-bond donors (Lipinski definition) is 2. The number of anilines is 2. The van der Waals surface area contributed by atoms with Crippen molar-refractivity contribution >= 4 is 53.1 Å². The first-order valence-electron chi connectivity index (χ1n) is 23.8. The number of benzene rings is 4. The number of methoxy groups -OCH3 is 2. The van der Waals surface area contributed by atoms with Crippen LogP contribution in [0.4, 0.5) is 20.4 Å². The van der Waals surface area contributed by atoms with E-state index in [1.165, 1.54) is 36.4 Å². The van der Waals surface area contributed by atoms with E-state index in [0.29, 0.717) is 33.8 Å². The summed E-state index contributed by atoms with van der Waals surface area (Å²) in [6.07, 6.45) is -7.50. The average molecular weight is 1080 g/mol. The molecule has 5 heterocycles. The van der Waals surface area contributed by atoms with Crippen LogP contribution in [0.5, 0.6) is 11.5 Å². The van der Waals surface area contributed by atoms with Crippen LogP contribution in [0.2, 0.25) is 0 Å². The van der Waals surface area contributed by atoms with Crippen LogP contribution in [0, 0.1) is 11.3 Å². The summed E-state index contributed by atoms with van der Waals surface area (Å²) in [5.74, 6) is 0.268. The second kappa shape index (κ2) is 23.7. The predicted octanol–water partition coefficient (Wildman–Crippen LogP) is 7.74. The molecular formula is C52H50F2N9O11PS. The molecule has 4 unspecified atom stereocenters. The Morgan fingerprint density at radius 2 is 1.49 bits per heavy atom. The van der Waals surface area contributed by atoms with Crippen molar-refractivity contribution in [3.63, 3.8) is 0 Å². The molecule has 0 radical (unpaired) electrons. The van der Waals surface area contributed by atoms with Crippen molar-refractivity contribution in [1.29, 1.82) is 5.26 Å². The lowest BCUT2D eigenvalue weighted by atomic mass is 9.80. The molecule has 2 aliphatic heterocycles. The number of hydrogen-bond acceptors (Lipinski definition) is 17. The summed E-state index contributed by atoms with van der Waals surface area (Å²) in [5, 5.41) is 14.7. The molecule has 0 aliphatic carbocycles. The Morgan fingerprint density at radius 1 is 0.829 bits per heavy atom. The van der Waals surface area contributed by atoms with Crippen molar-refractivity contribution in [3.8, 4) is 17.6 Å². The summed E-state index contributed by atoms with van der Waals surface area (Å²) in [7, 11) is 3.11. The van der Waals surface area contributed by atoms with Crippen LogP contribution in [0.15, 0.2) is 139 Å². The van der Waals surface area contributed by atoms with Gasteiger partial charge in [0.05, 0.1) is 59.0 Å². The SMILES string of the molecule is COc1ccc(C(OCC2OC(n3cnc4c(NC(=O)c5ccccc5)ncnc43)C(F)[C@@H]2OP(=S)(OCCC#N)OC[C@H]2C[C@@H](F)[C@H](n3ccc(NC(C)=O)nc3=O)O2)(c2ccccc2)c2ccc(OC)cc2)cc1. The molecule has 2 aliphatic rings. The molecule has 4 aromatic carbocycles. The van der Waals surface area contributed by atoms with Crippen molar-refractivity contribution in [2.24, 2.45) is 0 Å². The minimum absolute atomic E-state index is 0.0267. The Balaban J connectivity index is 1.07. The number of nitrogens with one attached hydrogen (secondary N) is 2. The molecule has 9 rings (SSSR count). The van der Waals surface area contributed by atoms with Gasteiger partial charge in [0, 0.05) is 25.1 Å². The molecule has 20 nitrogen and oxygen atoms in total. The number of nitrogens with zero attached hydrogens (tertiary/aromatic N) is 7. The maximum absolute atomic E-state index is 17.9. The third-order valence-corrected chi connectivity index (χ3v) is 14.8. The molecule has 3 aromatic heterocycles. The van der Waals surface area contributed by atoms with E-state index < -0.39 is 79.5 Å². The zero-order chi connectivity index (χ0) is 53.4. The molecule has 0 bridgehead atoms. The highest BCUT2D eigenvalue weighted by Gasteiger charge is 2.52. The van der Waals surface area contributed by atoms with Gasteiger partial charge in [-0.05, 0) is 71.0 Å². The summed E-state index contributed by atoms with van der Waals surface area (Å²) < 4.78 is 85.5. The lowest BCUT2D eigenvalue weighted by Gasteiger charge is -2.37. The Kier molecular flexibility index (Phi) is 16.6. The lowest BCUT2D eigenvalue weighted by molar-refractivity contribution is -0.114. The fraction of sp³-hybridized carbons (Fsp3) is 0.308. The monoisotopic (exact) mass is 1080 g/mol. The van der Waals surface area contributed by atoms with E-state index in [1.807, 2.05) is 60.7 Å². The number of halogens is 2. The first-order valence-corrected chi connectivity index (χ1v) is 26.3. The fourth-order valence-electron chi connectivity index (χ4n) is 8.89. The third kappa shape index (κ3) is 11.5. The van der Waals surface area contributed by atoms with Gasteiger partial charge < -0.3 is 43.4 Å². The average Bonchev–Trinajstić information content (AvgIpc) is 4.13. The number of imidazole rings is 1. The molecule has 394 valence electrons. The summed E-state index contributed by atoms with van der Waals surface area (Å²) >= 11 is 5.98. The van der Waals surface area contributed by atoms with Gasteiger partial charge >= 0.3 is 12.4 Å². The minimum atomic E-state index is -4.17. The molecule has 2 N–H and O–H groups in total. The number of aromatic nitrogens is 6. The second-order valence-corrected chi connectivity index (χ2v) is 20.3. The smallest absolute Gasteiger partial charge is 0.351 e. The zero-order valence-electron chi connectivity index (χ0n) is 41.0. The van der Waals surface area contributed by atoms with Gasteiger partial charge in [-0.1, -0.05) is 72.8 Å². The van der Waals surface area contributed by atoms with Gasteiger partial charge in [0.15, 0.2) is 35.6 Å². The van der Waals surface area contributed by atoms with Crippen molar-refractivity contribution in [2.75, 3.05) is 44.7 Å². The highest BCUT2D eigenvalue weighted by molar-refractivity contribution is 8.07. The Labute approximate surface area is 439 Å². The molecular weight excluding hydrogens is 1030 g/mol. The Bertz CT molecular complexity index is 3260. The van der Waals surface area contributed by atoms with Gasteiger partial charge in [-0.15, -0.1) is 0 Å². The quantitative estimate of drug-likeness (QED) is 0.0398. The summed E-state index contributed by atoms with van der Waals surface area (Å²) in [5.41, 5.74) is 0.280. The standard InChI is InChI=1S/C52H50F2N9O11PS/c1-32(64)59-42-23-25-62(51(66)60-42)49-40(53)27-39(72-49)28-71-75(76,70-26-10-24-55)74-45-41(73-50(43(45)54)63-31-58-44-46(56-30-57-47(44)63)61-48(65)33-11-6-4-7-12-33)29-69-52(34-13-8-5-9-14-34,35-15-19-37(67-2)20-16-35)36-17-21-38(68-3)22-18-36/h4-9,11-23,25,30-31,39-41,43,45,49-50H,10,26-29H2,1-3H3,(H,56,57,61,65)(H,59,60,64,66)/t39-,40-,41?,43?,45-,49-,50?,75?/m1/s1. The van der Waals surface area contributed by atoms with Crippen LogP contribution in [0.3, 0.4) is 0 Å². The number of carbonyl (C=O) groups excluding carboxylic acids is 2. The largest absolute Gasteiger partial charge is 0.497 e. The van der Waals surface area contributed by atoms with E-state index in [-0.39, 0.29) is 48.9 Å². The van der Waals surface area contributed by atoms with Crippen LogP contribution >= 0.6 is 6.72 Å². The summed E-state index contributed by atoms with van der Waals surface area (Å²) in [6, 6.07) is 35.7. The van der Waals surface area contributed by atoms with Gasteiger partial charge in [-0.2, -0.15) is 10.2 Å². The normalized spacial score (nSPS) is 21.1. The maximum Gasteiger partial charge on any atom is 0.351 e. The fourth-order valence-corrected chi connectivity index (χ4v) is 11.0. The molecule has 0 saturated carbocycles. The van der Waals surface area contributed by atoms with Gasteiger partial charge in [-0.25, -0.2) is 28.5 Å². The molecule has 2 amide bonds. The van der Waals surface area contributed by atoms with Gasteiger partial charge in [0.25, 0.3) is 5.91 Å². The van der Waals surface area contributed by atoms with Crippen molar-refractivity contribution < 1.29 is 55.6 Å². The maximum atomic E-state index is 17.9. The highest BCUT2D eigenvalue weighted by Crippen LogP contribution is 2.55. The van der Waals surface area contributed by atoms with Crippen LogP contribution < -0.4 is 25.8 Å². The van der Waals surface area contributed by atoms with E-state index in [1.54, 1.807) is 68.8 Å². The number of fused-ring (bicyclic) bond motifs is 1. The summed E-state index contributed by atoms with van der Waals surface area (Å²) in [6.45, 7) is -4.05. The number of alkyl halides is 2. The topological polar surface area (TPSA) is 234 Å². The predicted molar refractivity (Wildman–Crippen MR) is 274 cm³/mol. The first kappa shape index (κ1) is 53.4. The van der Waals surface area contributed by atoms with Crippen molar-refractivity contribution in [3.05, 3.63) is 167 Å². The van der Waals surface area contributed by atoms with Gasteiger partial charge in [0.1, 0.15) is 47.6 Å². The van der Waals surface area contributed by atoms with Crippen LogP contribution in [-0.4, -0.2) is 106 Å². The van der Waals surface area contributed by atoms with Crippen LogP contribution in [0.25, 0.3) is 11.2 Å². The minimum Gasteiger partial charge on any atom is -0.497 e. The number of rotatable bonds is 21. The van der Waals surface area contributed by atoms with Crippen molar-refractivity contribution in [1.82, 2.24) is 29.1 Å². The van der Waals surface area contributed by atoms with Gasteiger partial charge in [-0.3, -0.25) is 23.2 Å². The van der Waals surface area contributed by atoms with E-state index >= 15 is 8.78 Å². The lowest BCUT2D eigenvalue weighted by Crippen LogP contribution is -2.40. The molecule has 8 atom stereocenters. The molecule has 0 spiro atoms.